The molecular weight excluding hydrogens is 667 g/mol. The zero-order valence-electron chi connectivity index (χ0n) is 30.5. The van der Waals surface area contributed by atoms with E-state index in [1.807, 2.05) is 30.3 Å². The van der Waals surface area contributed by atoms with Crippen molar-refractivity contribution in [2.75, 3.05) is 4.90 Å². The largest absolute Gasteiger partial charge is 0.315 e. The summed E-state index contributed by atoms with van der Waals surface area (Å²) in [6.07, 6.45) is 10.0. The van der Waals surface area contributed by atoms with Crippen LogP contribution in [0, 0.1) is 5.41 Å². The summed E-state index contributed by atoms with van der Waals surface area (Å²) in [4.78, 5) is 2.36. The van der Waals surface area contributed by atoms with Gasteiger partial charge in [0.05, 0.1) is 16.7 Å². The van der Waals surface area contributed by atoms with Gasteiger partial charge in [0.1, 0.15) is 0 Å². The van der Waals surface area contributed by atoms with Gasteiger partial charge < -0.3 is 14.9 Å². The van der Waals surface area contributed by atoms with E-state index in [1.165, 1.54) is 44.2 Å². The molecule has 3 nitrogen and oxygen atoms in total. The molecule has 1 aliphatic carbocycles. The maximum absolute atomic E-state index is 9.23. The standard InChI is InChI=1S/C52H39N3/c1-35-18-15-16-31-54(40-25-9-4-10-26-40)51-48(35)49-42-28-12-11-23-39(42)33-45(49)50-43-29-13-14-30-47(43)55(52(50)51)41-27-17-24-38(32-41)44(36-19-5-2-6-20-36)34-46(53)37-21-7-3-8-22-37/h2-32,44,53H,1,33-34H2/b18-15-,31-16-,53-46?. The fourth-order valence-electron chi connectivity index (χ4n) is 8.91. The van der Waals surface area contributed by atoms with Crippen LogP contribution in [0.15, 0.2) is 195 Å². The van der Waals surface area contributed by atoms with Crippen molar-refractivity contribution in [1.29, 1.82) is 5.41 Å². The highest BCUT2D eigenvalue weighted by molar-refractivity contribution is 6.21. The number of aromatic nitrogens is 1. The summed E-state index contributed by atoms with van der Waals surface area (Å²) < 4.78 is 2.49. The number of para-hydroxylation sites is 2. The number of nitrogens with one attached hydrogen (secondary N) is 1. The molecule has 1 N–H and O–H groups in total. The van der Waals surface area contributed by atoms with E-state index < -0.39 is 0 Å². The second-order valence-corrected chi connectivity index (χ2v) is 14.5. The molecule has 2 heterocycles. The molecule has 1 aromatic heterocycles. The van der Waals surface area contributed by atoms with Crippen molar-refractivity contribution in [3.05, 3.63) is 228 Å². The Balaban J connectivity index is 1.28. The molecule has 55 heavy (non-hydrogen) atoms. The third kappa shape index (κ3) is 5.47. The molecule has 2 aliphatic rings. The Morgan fingerprint density at radius 1 is 0.655 bits per heavy atom. The minimum absolute atomic E-state index is 0.00464. The van der Waals surface area contributed by atoms with Crippen molar-refractivity contribution < 1.29 is 0 Å². The van der Waals surface area contributed by atoms with Gasteiger partial charge >= 0.3 is 0 Å². The lowest BCUT2D eigenvalue weighted by Crippen LogP contribution is -2.14. The minimum atomic E-state index is -0.00464. The predicted octanol–water partition coefficient (Wildman–Crippen LogP) is 13.2. The molecule has 0 amide bonds. The Kier molecular flexibility index (Phi) is 8.00. The second kappa shape index (κ2) is 13.5. The summed E-state index contributed by atoms with van der Waals surface area (Å²) in [7, 11) is 0. The topological polar surface area (TPSA) is 32.0 Å². The summed E-state index contributed by atoms with van der Waals surface area (Å²) in [6.45, 7) is 4.75. The number of allylic oxidation sites excluding steroid dienone is 4. The van der Waals surface area contributed by atoms with Crippen LogP contribution < -0.4 is 4.90 Å². The second-order valence-electron chi connectivity index (χ2n) is 14.5. The van der Waals surface area contributed by atoms with E-state index in [2.05, 4.69) is 167 Å². The summed E-state index contributed by atoms with van der Waals surface area (Å²) >= 11 is 0. The number of rotatable bonds is 7. The van der Waals surface area contributed by atoms with Gasteiger partial charge in [0.25, 0.3) is 0 Å². The number of fused-ring (bicyclic) bond motifs is 10. The molecule has 0 bridgehead atoms. The van der Waals surface area contributed by atoms with E-state index in [0.717, 1.165) is 51.2 Å². The number of anilines is 2. The fraction of sp³-hybridized carbons (Fsp3) is 0.0577. The molecule has 1 aliphatic heterocycles. The molecule has 3 heteroatoms. The first kappa shape index (κ1) is 32.7. The van der Waals surface area contributed by atoms with Crippen LogP contribution in [0.25, 0.3) is 44.2 Å². The van der Waals surface area contributed by atoms with Gasteiger partial charge in [0.2, 0.25) is 0 Å². The van der Waals surface area contributed by atoms with Gasteiger partial charge in [-0.25, -0.2) is 0 Å². The third-order valence-corrected chi connectivity index (χ3v) is 11.3. The molecule has 7 aromatic carbocycles. The zero-order chi connectivity index (χ0) is 36.9. The summed E-state index contributed by atoms with van der Waals surface area (Å²) in [6, 6.07) is 58.3. The van der Waals surface area contributed by atoms with Crippen LogP contribution in [0.1, 0.15) is 45.7 Å². The molecular formula is C52H39N3. The van der Waals surface area contributed by atoms with E-state index >= 15 is 0 Å². The Morgan fingerprint density at radius 3 is 2.15 bits per heavy atom. The Morgan fingerprint density at radius 2 is 1.33 bits per heavy atom. The van der Waals surface area contributed by atoms with Crippen LogP contribution in [0.4, 0.5) is 11.4 Å². The Labute approximate surface area is 322 Å². The van der Waals surface area contributed by atoms with Crippen molar-refractivity contribution in [1.82, 2.24) is 4.57 Å². The molecule has 1 atom stereocenters. The highest BCUT2D eigenvalue weighted by Crippen LogP contribution is 2.54. The smallest absolute Gasteiger partial charge is 0.0792 e. The highest BCUT2D eigenvalue weighted by Gasteiger charge is 2.33. The van der Waals surface area contributed by atoms with Gasteiger partial charge in [0, 0.05) is 52.0 Å². The van der Waals surface area contributed by atoms with E-state index in [1.54, 1.807) is 0 Å². The minimum Gasteiger partial charge on any atom is -0.315 e. The van der Waals surface area contributed by atoms with E-state index in [-0.39, 0.29) is 5.92 Å². The van der Waals surface area contributed by atoms with Gasteiger partial charge in [-0.3, -0.25) is 0 Å². The normalized spacial score (nSPS) is 14.8. The van der Waals surface area contributed by atoms with Gasteiger partial charge in [-0.15, -0.1) is 0 Å². The molecule has 0 spiro atoms. The van der Waals surface area contributed by atoms with Gasteiger partial charge in [-0.05, 0) is 87.3 Å². The fourth-order valence-corrected chi connectivity index (χ4v) is 8.91. The maximum atomic E-state index is 9.23. The van der Waals surface area contributed by atoms with Crippen LogP contribution >= 0.6 is 0 Å². The number of benzene rings is 7. The quantitative estimate of drug-likeness (QED) is 0.165. The first-order valence-electron chi connectivity index (χ1n) is 19.0. The molecule has 10 rings (SSSR count). The zero-order valence-corrected chi connectivity index (χ0v) is 30.5. The molecule has 0 fully saturated rings. The van der Waals surface area contributed by atoms with Crippen LogP contribution in [0.2, 0.25) is 0 Å². The average Bonchev–Trinajstić information content (AvgIpc) is 3.79. The molecule has 1 unspecified atom stereocenters. The number of hydrogen-bond acceptors (Lipinski definition) is 2. The lowest BCUT2D eigenvalue weighted by atomic mass is 9.85. The van der Waals surface area contributed by atoms with Crippen LogP contribution in [-0.4, -0.2) is 10.3 Å². The monoisotopic (exact) mass is 705 g/mol. The average molecular weight is 706 g/mol. The van der Waals surface area contributed by atoms with E-state index in [9.17, 15) is 5.41 Å². The Hall–Kier alpha value is -6.97. The van der Waals surface area contributed by atoms with E-state index in [0.29, 0.717) is 12.1 Å². The maximum Gasteiger partial charge on any atom is 0.0792 e. The molecule has 0 radical (unpaired) electrons. The number of hydrogen-bond donors (Lipinski definition) is 1. The van der Waals surface area contributed by atoms with Crippen LogP contribution in [-0.2, 0) is 6.42 Å². The lowest BCUT2D eigenvalue weighted by molar-refractivity contribution is 0.850. The van der Waals surface area contributed by atoms with Crippen molar-refractivity contribution in [2.45, 2.75) is 18.8 Å². The van der Waals surface area contributed by atoms with Crippen LogP contribution in [0.5, 0.6) is 0 Å². The highest BCUT2D eigenvalue weighted by atomic mass is 15.1. The first-order valence-corrected chi connectivity index (χ1v) is 19.0. The first-order chi connectivity index (χ1) is 27.2. The van der Waals surface area contributed by atoms with Crippen molar-refractivity contribution in [2.24, 2.45) is 0 Å². The van der Waals surface area contributed by atoms with E-state index in [4.69, 9.17) is 6.58 Å². The Bertz CT molecular complexity index is 2840. The molecule has 8 aromatic rings. The van der Waals surface area contributed by atoms with Crippen LogP contribution in [0.3, 0.4) is 0 Å². The third-order valence-electron chi connectivity index (χ3n) is 11.3. The summed E-state index contributed by atoms with van der Waals surface area (Å²) in [5.74, 6) is -0.00464. The SMILES string of the molecule is C=C1/C=C\C=C/N(c2ccccc2)c2c1c1c(c3c4ccccc4n(-c4cccc(C(CC(=N)c5ccccc5)c5ccccc5)c4)c23)Cc2ccccc2-1. The van der Waals surface area contributed by atoms with Gasteiger partial charge in [-0.1, -0.05) is 152 Å². The summed E-state index contributed by atoms with van der Waals surface area (Å²) in [5.41, 5.74) is 17.0. The predicted molar refractivity (Wildman–Crippen MR) is 231 cm³/mol. The lowest BCUT2D eigenvalue weighted by Gasteiger charge is -2.29. The molecule has 0 saturated carbocycles. The molecule has 262 valence electrons. The number of nitrogens with zero attached hydrogens (tertiary/aromatic N) is 2. The van der Waals surface area contributed by atoms with Crippen molar-refractivity contribution in [3.63, 3.8) is 0 Å². The van der Waals surface area contributed by atoms with Crippen molar-refractivity contribution >= 4 is 44.5 Å². The summed E-state index contributed by atoms with van der Waals surface area (Å²) in [5, 5.41) is 11.7. The molecule has 0 saturated heterocycles. The van der Waals surface area contributed by atoms with Gasteiger partial charge in [-0.2, -0.15) is 0 Å². The van der Waals surface area contributed by atoms with Gasteiger partial charge in [0.15, 0.2) is 0 Å². The van der Waals surface area contributed by atoms with Crippen molar-refractivity contribution in [3.8, 4) is 16.8 Å².